The monoisotopic (exact) mass is 416 g/mol. The predicted octanol–water partition coefficient (Wildman–Crippen LogP) is 4.14. The van der Waals surface area contributed by atoms with Gasteiger partial charge >= 0.3 is 0 Å². The summed E-state index contributed by atoms with van der Waals surface area (Å²) in [7, 11) is 0. The standard InChI is InChI=1S/C23H24N6O2/c30-22(16-4-1-5-16)25-9-3-10-29-11-8-18-13-26-23(28-21(18)29)27-19-7-2-6-17(12-19)20-14-24-15-31-20/h2,6-8,11-16H,1,3-5,9-10H2,(H,25,30)(H,26,27,28). The fourth-order valence-electron chi connectivity index (χ4n) is 3.72. The van der Waals surface area contributed by atoms with Crippen LogP contribution in [0.4, 0.5) is 11.6 Å². The first-order valence-electron chi connectivity index (χ1n) is 10.6. The summed E-state index contributed by atoms with van der Waals surface area (Å²) in [5.74, 6) is 1.67. The van der Waals surface area contributed by atoms with Crippen molar-refractivity contribution in [2.24, 2.45) is 5.92 Å². The van der Waals surface area contributed by atoms with Gasteiger partial charge in [0.15, 0.2) is 12.2 Å². The van der Waals surface area contributed by atoms with E-state index in [0.29, 0.717) is 18.3 Å². The summed E-state index contributed by atoms with van der Waals surface area (Å²) in [4.78, 5) is 25.1. The molecule has 8 heteroatoms. The Morgan fingerprint density at radius 3 is 2.97 bits per heavy atom. The van der Waals surface area contributed by atoms with Gasteiger partial charge in [0.2, 0.25) is 11.9 Å². The molecule has 5 rings (SSSR count). The van der Waals surface area contributed by atoms with Crippen LogP contribution in [0.5, 0.6) is 0 Å². The molecule has 4 aromatic rings. The number of carbonyl (C=O) groups excluding carboxylic acids is 1. The second kappa shape index (κ2) is 8.59. The Bertz CT molecular complexity index is 1180. The summed E-state index contributed by atoms with van der Waals surface area (Å²) in [5.41, 5.74) is 2.66. The van der Waals surface area contributed by atoms with Crippen LogP contribution >= 0.6 is 0 Å². The van der Waals surface area contributed by atoms with Crippen molar-refractivity contribution in [1.82, 2.24) is 24.8 Å². The van der Waals surface area contributed by atoms with E-state index in [9.17, 15) is 4.79 Å². The highest BCUT2D eigenvalue weighted by Crippen LogP contribution is 2.26. The third kappa shape index (κ3) is 4.28. The average Bonchev–Trinajstić information content (AvgIpc) is 3.40. The zero-order valence-electron chi connectivity index (χ0n) is 17.1. The number of fused-ring (bicyclic) bond motifs is 1. The van der Waals surface area contributed by atoms with Crippen LogP contribution < -0.4 is 10.6 Å². The van der Waals surface area contributed by atoms with Crippen molar-refractivity contribution < 1.29 is 9.21 Å². The van der Waals surface area contributed by atoms with E-state index in [-0.39, 0.29) is 11.8 Å². The Morgan fingerprint density at radius 2 is 2.16 bits per heavy atom. The van der Waals surface area contributed by atoms with Gasteiger partial charge in [-0.3, -0.25) is 4.79 Å². The van der Waals surface area contributed by atoms with Crippen molar-refractivity contribution in [3.63, 3.8) is 0 Å². The van der Waals surface area contributed by atoms with E-state index in [1.807, 2.05) is 42.7 Å². The molecule has 1 aromatic carbocycles. The molecule has 1 fully saturated rings. The fraction of sp³-hybridized carbons (Fsp3) is 0.304. The molecule has 0 bridgehead atoms. The van der Waals surface area contributed by atoms with Gasteiger partial charge in [-0.2, -0.15) is 4.98 Å². The molecule has 1 aliphatic rings. The first-order valence-corrected chi connectivity index (χ1v) is 10.6. The molecule has 0 radical (unpaired) electrons. The molecule has 2 N–H and O–H groups in total. The van der Waals surface area contributed by atoms with Crippen LogP contribution in [0, 0.1) is 5.92 Å². The molecular weight excluding hydrogens is 392 g/mol. The fourth-order valence-corrected chi connectivity index (χ4v) is 3.72. The van der Waals surface area contributed by atoms with Gasteiger partial charge in [-0.05, 0) is 37.5 Å². The van der Waals surface area contributed by atoms with Crippen LogP contribution in [-0.4, -0.2) is 32.0 Å². The maximum absolute atomic E-state index is 12.0. The first-order chi connectivity index (χ1) is 15.3. The quantitative estimate of drug-likeness (QED) is 0.419. The van der Waals surface area contributed by atoms with Gasteiger partial charge in [0, 0.05) is 48.0 Å². The molecule has 158 valence electrons. The number of aromatic nitrogens is 4. The molecule has 0 aliphatic heterocycles. The molecule has 1 saturated carbocycles. The Balaban J connectivity index is 1.24. The summed E-state index contributed by atoms with van der Waals surface area (Å²) in [6.45, 7) is 1.46. The van der Waals surface area contributed by atoms with E-state index in [2.05, 4.69) is 25.2 Å². The normalized spacial score (nSPS) is 13.8. The van der Waals surface area contributed by atoms with Crippen LogP contribution in [0.15, 0.2) is 59.7 Å². The van der Waals surface area contributed by atoms with Gasteiger partial charge in [0.1, 0.15) is 5.65 Å². The summed E-state index contributed by atoms with van der Waals surface area (Å²) in [5, 5.41) is 7.30. The minimum Gasteiger partial charge on any atom is -0.444 e. The smallest absolute Gasteiger partial charge is 0.229 e. The van der Waals surface area contributed by atoms with E-state index in [4.69, 9.17) is 9.40 Å². The number of hydrogen-bond acceptors (Lipinski definition) is 6. The molecule has 1 amide bonds. The van der Waals surface area contributed by atoms with Gasteiger partial charge < -0.3 is 19.6 Å². The van der Waals surface area contributed by atoms with E-state index < -0.39 is 0 Å². The van der Waals surface area contributed by atoms with Crippen molar-refractivity contribution >= 4 is 28.6 Å². The first kappa shape index (κ1) is 19.3. The van der Waals surface area contributed by atoms with Crippen LogP contribution in [0.2, 0.25) is 0 Å². The minimum atomic E-state index is 0.199. The minimum absolute atomic E-state index is 0.199. The number of carbonyl (C=O) groups is 1. The maximum atomic E-state index is 12.0. The number of amides is 1. The summed E-state index contributed by atoms with van der Waals surface area (Å²) in [6.07, 6.45) is 11.0. The van der Waals surface area contributed by atoms with Crippen molar-refractivity contribution in [3.8, 4) is 11.3 Å². The molecular formula is C23H24N6O2. The highest BCUT2D eigenvalue weighted by molar-refractivity contribution is 5.79. The number of nitrogens with one attached hydrogen (secondary N) is 2. The van der Waals surface area contributed by atoms with Crippen LogP contribution in [0.25, 0.3) is 22.4 Å². The lowest BCUT2D eigenvalue weighted by molar-refractivity contribution is -0.127. The van der Waals surface area contributed by atoms with E-state index in [0.717, 1.165) is 48.1 Å². The van der Waals surface area contributed by atoms with Gasteiger partial charge in [0.05, 0.1) is 6.20 Å². The zero-order chi connectivity index (χ0) is 21.0. The van der Waals surface area contributed by atoms with Gasteiger partial charge in [-0.1, -0.05) is 18.6 Å². The highest BCUT2D eigenvalue weighted by Gasteiger charge is 2.24. The van der Waals surface area contributed by atoms with Crippen molar-refractivity contribution in [3.05, 3.63) is 55.3 Å². The van der Waals surface area contributed by atoms with Gasteiger partial charge in [0.25, 0.3) is 0 Å². The molecule has 0 spiro atoms. The molecule has 0 atom stereocenters. The van der Waals surface area contributed by atoms with Crippen molar-refractivity contribution in [2.75, 3.05) is 11.9 Å². The topological polar surface area (TPSA) is 97.9 Å². The Labute approximate surface area is 179 Å². The summed E-state index contributed by atoms with van der Waals surface area (Å²) >= 11 is 0. The Hall–Kier alpha value is -3.68. The number of hydrogen-bond donors (Lipinski definition) is 2. The lowest BCUT2D eigenvalue weighted by atomic mass is 9.85. The Kier molecular flexibility index (Phi) is 5.35. The second-order valence-corrected chi connectivity index (χ2v) is 7.83. The van der Waals surface area contributed by atoms with Gasteiger partial charge in [-0.25, -0.2) is 9.97 Å². The molecule has 1 aliphatic carbocycles. The van der Waals surface area contributed by atoms with E-state index in [1.54, 1.807) is 6.20 Å². The third-order valence-electron chi connectivity index (χ3n) is 5.69. The number of aryl methyl sites for hydroxylation is 1. The second-order valence-electron chi connectivity index (χ2n) is 7.83. The average molecular weight is 416 g/mol. The van der Waals surface area contributed by atoms with E-state index >= 15 is 0 Å². The van der Waals surface area contributed by atoms with Gasteiger partial charge in [-0.15, -0.1) is 0 Å². The number of anilines is 2. The third-order valence-corrected chi connectivity index (χ3v) is 5.69. The summed E-state index contributed by atoms with van der Waals surface area (Å²) in [6, 6.07) is 9.84. The number of oxazole rings is 1. The van der Waals surface area contributed by atoms with Crippen molar-refractivity contribution in [2.45, 2.75) is 32.2 Å². The highest BCUT2D eigenvalue weighted by atomic mass is 16.3. The number of nitrogens with zero attached hydrogens (tertiary/aromatic N) is 4. The molecule has 0 unspecified atom stereocenters. The molecule has 0 saturated heterocycles. The number of rotatable bonds is 8. The number of benzene rings is 1. The predicted molar refractivity (Wildman–Crippen MR) is 118 cm³/mol. The SMILES string of the molecule is O=C(NCCCn1ccc2cnc(Nc3cccc(-c4cnco4)c3)nc21)C1CCC1. The van der Waals surface area contributed by atoms with Crippen LogP contribution in [0.3, 0.4) is 0 Å². The molecule has 31 heavy (non-hydrogen) atoms. The maximum Gasteiger partial charge on any atom is 0.229 e. The molecule has 8 nitrogen and oxygen atoms in total. The summed E-state index contributed by atoms with van der Waals surface area (Å²) < 4.78 is 7.47. The van der Waals surface area contributed by atoms with Crippen LogP contribution in [0.1, 0.15) is 25.7 Å². The molecule has 3 aromatic heterocycles. The van der Waals surface area contributed by atoms with Crippen LogP contribution in [-0.2, 0) is 11.3 Å². The van der Waals surface area contributed by atoms with Crippen molar-refractivity contribution in [1.29, 1.82) is 0 Å². The Morgan fingerprint density at radius 1 is 1.23 bits per heavy atom. The molecule has 3 heterocycles. The zero-order valence-corrected chi connectivity index (χ0v) is 17.1. The lowest BCUT2D eigenvalue weighted by Crippen LogP contribution is -2.35. The van der Waals surface area contributed by atoms with E-state index in [1.165, 1.54) is 12.8 Å². The lowest BCUT2D eigenvalue weighted by Gasteiger charge is -2.24. The largest absolute Gasteiger partial charge is 0.444 e.